The predicted octanol–water partition coefficient (Wildman–Crippen LogP) is 2.39. The molecule has 0 aliphatic carbocycles. The lowest BCUT2D eigenvalue weighted by Crippen LogP contribution is -2.00. The summed E-state index contributed by atoms with van der Waals surface area (Å²) in [4.78, 5) is 8.30. The van der Waals surface area contributed by atoms with Crippen LogP contribution in [0.25, 0.3) is 10.9 Å². The Labute approximate surface area is 94.5 Å². The summed E-state index contributed by atoms with van der Waals surface area (Å²) in [6.07, 6.45) is 3.64. The summed E-state index contributed by atoms with van der Waals surface area (Å²) in [6.45, 7) is 2.80. The summed E-state index contributed by atoms with van der Waals surface area (Å²) in [5.74, 6) is 0.616. The minimum absolute atomic E-state index is 0.616. The van der Waals surface area contributed by atoms with Gasteiger partial charge >= 0.3 is 0 Å². The van der Waals surface area contributed by atoms with E-state index in [0.29, 0.717) is 18.2 Å². The smallest absolute Gasteiger partial charge is 0.224 e. The molecular weight excluding hydrogens is 202 g/mol. The Kier molecular flexibility index (Phi) is 3.19. The number of rotatable bonds is 4. The van der Waals surface area contributed by atoms with Crippen molar-refractivity contribution in [3.05, 3.63) is 24.5 Å². The zero-order valence-electron chi connectivity index (χ0n) is 9.31. The summed E-state index contributed by atoms with van der Waals surface area (Å²) in [7, 11) is 0. The van der Waals surface area contributed by atoms with E-state index in [1.165, 1.54) is 6.33 Å². The van der Waals surface area contributed by atoms with Crippen LogP contribution in [0.1, 0.15) is 19.8 Å². The summed E-state index contributed by atoms with van der Waals surface area (Å²) < 4.78 is 5.61. The standard InChI is InChI=1S/C12H15N3O/c1-2-3-6-16-12-10-7-9(13)4-5-11(10)14-8-15-12/h4-5,7-8H,2-3,6,13H2,1H3. The van der Waals surface area contributed by atoms with Crippen LogP contribution >= 0.6 is 0 Å². The number of ether oxygens (including phenoxy) is 1. The van der Waals surface area contributed by atoms with Crippen LogP contribution in [0, 0.1) is 0 Å². The number of fused-ring (bicyclic) bond motifs is 1. The number of anilines is 1. The first-order valence-electron chi connectivity index (χ1n) is 5.44. The van der Waals surface area contributed by atoms with E-state index >= 15 is 0 Å². The van der Waals surface area contributed by atoms with E-state index in [1.807, 2.05) is 18.2 Å². The first kappa shape index (κ1) is 10.7. The van der Waals surface area contributed by atoms with E-state index in [0.717, 1.165) is 23.7 Å². The van der Waals surface area contributed by atoms with Crippen molar-refractivity contribution in [1.82, 2.24) is 9.97 Å². The molecule has 0 bridgehead atoms. The topological polar surface area (TPSA) is 61.0 Å². The van der Waals surface area contributed by atoms with E-state index in [1.54, 1.807) is 0 Å². The molecular formula is C12H15N3O. The number of benzene rings is 1. The van der Waals surface area contributed by atoms with Crippen molar-refractivity contribution in [2.75, 3.05) is 12.3 Å². The van der Waals surface area contributed by atoms with Gasteiger partial charge in [0.05, 0.1) is 17.5 Å². The second-order valence-electron chi connectivity index (χ2n) is 3.66. The van der Waals surface area contributed by atoms with Gasteiger partial charge in [-0.25, -0.2) is 9.97 Å². The van der Waals surface area contributed by atoms with Crippen LogP contribution in [0.5, 0.6) is 5.88 Å². The first-order chi connectivity index (χ1) is 7.81. The number of nitrogens with two attached hydrogens (primary N) is 1. The third kappa shape index (κ3) is 2.21. The fourth-order valence-corrected chi connectivity index (χ4v) is 1.48. The maximum atomic E-state index is 5.74. The van der Waals surface area contributed by atoms with Crippen LogP contribution in [0.4, 0.5) is 5.69 Å². The predicted molar refractivity (Wildman–Crippen MR) is 64.4 cm³/mol. The quantitative estimate of drug-likeness (QED) is 0.631. The molecule has 1 aromatic carbocycles. The van der Waals surface area contributed by atoms with E-state index in [9.17, 15) is 0 Å². The van der Waals surface area contributed by atoms with Gasteiger partial charge in [0.25, 0.3) is 0 Å². The Balaban J connectivity index is 2.32. The lowest BCUT2D eigenvalue weighted by Gasteiger charge is -2.07. The molecule has 2 N–H and O–H groups in total. The normalized spacial score (nSPS) is 10.6. The molecule has 0 radical (unpaired) electrons. The van der Waals surface area contributed by atoms with Crippen molar-refractivity contribution in [2.45, 2.75) is 19.8 Å². The summed E-state index contributed by atoms with van der Waals surface area (Å²) in [5, 5.41) is 0.874. The van der Waals surface area contributed by atoms with Crippen molar-refractivity contribution in [3.8, 4) is 5.88 Å². The Morgan fingerprint density at radius 3 is 3.00 bits per heavy atom. The second-order valence-corrected chi connectivity index (χ2v) is 3.66. The SMILES string of the molecule is CCCCOc1ncnc2ccc(N)cc12. The van der Waals surface area contributed by atoms with Gasteiger partial charge in [0, 0.05) is 5.69 Å². The summed E-state index contributed by atoms with van der Waals surface area (Å²) in [5.41, 5.74) is 7.29. The van der Waals surface area contributed by atoms with Gasteiger partial charge in [-0.05, 0) is 24.6 Å². The van der Waals surface area contributed by atoms with Crippen molar-refractivity contribution < 1.29 is 4.74 Å². The van der Waals surface area contributed by atoms with Crippen LogP contribution in [0.15, 0.2) is 24.5 Å². The second kappa shape index (κ2) is 4.79. The van der Waals surface area contributed by atoms with E-state index in [4.69, 9.17) is 10.5 Å². The molecule has 84 valence electrons. The number of aromatic nitrogens is 2. The number of unbranched alkanes of at least 4 members (excludes halogenated alkanes) is 1. The highest BCUT2D eigenvalue weighted by molar-refractivity contribution is 5.86. The van der Waals surface area contributed by atoms with Crippen LogP contribution in [-0.4, -0.2) is 16.6 Å². The van der Waals surface area contributed by atoms with Gasteiger partial charge in [-0.15, -0.1) is 0 Å². The Morgan fingerprint density at radius 1 is 1.31 bits per heavy atom. The van der Waals surface area contributed by atoms with Gasteiger partial charge in [-0.1, -0.05) is 13.3 Å². The maximum absolute atomic E-state index is 5.74. The molecule has 0 aliphatic rings. The number of nitrogens with zero attached hydrogens (tertiary/aromatic N) is 2. The molecule has 16 heavy (non-hydrogen) atoms. The number of hydrogen-bond donors (Lipinski definition) is 1. The average molecular weight is 217 g/mol. The third-order valence-corrected chi connectivity index (χ3v) is 2.36. The highest BCUT2D eigenvalue weighted by Crippen LogP contribution is 2.23. The van der Waals surface area contributed by atoms with E-state index in [2.05, 4.69) is 16.9 Å². The summed E-state index contributed by atoms with van der Waals surface area (Å²) >= 11 is 0. The molecule has 0 saturated carbocycles. The molecule has 0 saturated heterocycles. The first-order valence-corrected chi connectivity index (χ1v) is 5.44. The average Bonchev–Trinajstić information content (AvgIpc) is 2.30. The fraction of sp³-hybridized carbons (Fsp3) is 0.333. The molecule has 4 heteroatoms. The molecule has 1 aromatic heterocycles. The van der Waals surface area contributed by atoms with Gasteiger partial charge in [0.15, 0.2) is 0 Å². The molecule has 0 amide bonds. The van der Waals surface area contributed by atoms with Crippen molar-refractivity contribution in [2.24, 2.45) is 0 Å². The van der Waals surface area contributed by atoms with Crippen molar-refractivity contribution in [3.63, 3.8) is 0 Å². The minimum atomic E-state index is 0.616. The minimum Gasteiger partial charge on any atom is -0.477 e. The zero-order valence-corrected chi connectivity index (χ0v) is 9.31. The molecule has 2 aromatic rings. The fourth-order valence-electron chi connectivity index (χ4n) is 1.48. The van der Waals surface area contributed by atoms with Crippen molar-refractivity contribution >= 4 is 16.6 Å². The van der Waals surface area contributed by atoms with Gasteiger partial charge in [-0.2, -0.15) is 0 Å². The molecule has 0 spiro atoms. The molecule has 0 aliphatic heterocycles. The lowest BCUT2D eigenvalue weighted by molar-refractivity contribution is 0.301. The summed E-state index contributed by atoms with van der Waals surface area (Å²) in [6, 6.07) is 5.54. The highest BCUT2D eigenvalue weighted by atomic mass is 16.5. The van der Waals surface area contributed by atoms with Crippen LogP contribution in [0.2, 0.25) is 0 Å². The highest BCUT2D eigenvalue weighted by Gasteiger charge is 2.04. The van der Waals surface area contributed by atoms with Crippen LogP contribution < -0.4 is 10.5 Å². The molecule has 4 nitrogen and oxygen atoms in total. The van der Waals surface area contributed by atoms with Crippen LogP contribution in [-0.2, 0) is 0 Å². The number of nitrogen functional groups attached to an aromatic ring is 1. The maximum Gasteiger partial charge on any atom is 0.224 e. The Morgan fingerprint density at radius 2 is 2.19 bits per heavy atom. The monoisotopic (exact) mass is 217 g/mol. The van der Waals surface area contributed by atoms with Gasteiger partial charge in [0.2, 0.25) is 5.88 Å². The van der Waals surface area contributed by atoms with E-state index < -0.39 is 0 Å². The van der Waals surface area contributed by atoms with Gasteiger partial charge in [-0.3, -0.25) is 0 Å². The Hall–Kier alpha value is -1.84. The van der Waals surface area contributed by atoms with E-state index in [-0.39, 0.29) is 0 Å². The molecule has 0 fully saturated rings. The Bertz CT molecular complexity index is 485. The molecule has 2 rings (SSSR count). The van der Waals surface area contributed by atoms with Gasteiger partial charge < -0.3 is 10.5 Å². The lowest BCUT2D eigenvalue weighted by atomic mass is 10.2. The molecule has 0 unspecified atom stereocenters. The largest absolute Gasteiger partial charge is 0.477 e. The molecule has 0 atom stereocenters. The van der Waals surface area contributed by atoms with Crippen molar-refractivity contribution in [1.29, 1.82) is 0 Å². The third-order valence-electron chi connectivity index (χ3n) is 2.36. The molecule has 1 heterocycles. The zero-order chi connectivity index (χ0) is 11.4. The number of hydrogen-bond acceptors (Lipinski definition) is 4. The van der Waals surface area contributed by atoms with Crippen LogP contribution in [0.3, 0.4) is 0 Å². The van der Waals surface area contributed by atoms with Gasteiger partial charge in [0.1, 0.15) is 6.33 Å².